The van der Waals surface area contributed by atoms with E-state index in [1.165, 1.54) is 0 Å². The number of rotatable bonds is 4. The van der Waals surface area contributed by atoms with E-state index in [0.717, 1.165) is 43.3 Å². The highest BCUT2D eigenvalue weighted by atomic mass is 16.8. The molecule has 12 bridgehead atoms. The lowest BCUT2D eigenvalue weighted by atomic mass is 9.84. The summed E-state index contributed by atoms with van der Waals surface area (Å²) in [6.45, 7) is 10.6. The zero-order valence-corrected chi connectivity index (χ0v) is 30.4. The third-order valence-electron chi connectivity index (χ3n) is 13.5. The van der Waals surface area contributed by atoms with Gasteiger partial charge in [-0.05, 0) is 62.0 Å². The molecule has 10 aliphatic heterocycles. The molecule has 10 saturated heterocycles. The Labute approximate surface area is 305 Å². The van der Waals surface area contributed by atoms with Crippen LogP contribution >= 0.6 is 0 Å². The molecule has 19 unspecified atom stereocenters. The van der Waals surface area contributed by atoms with Gasteiger partial charge in [-0.15, -0.1) is 0 Å². The number of methoxy groups -OCH3 is 1. The van der Waals surface area contributed by atoms with Gasteiger partial charge in [-0.3, -0.25) is 4.79 Å². The first-order chi connectivity index (χ1) is 25.1. The van der Waals surface area contributed by atoms with Crippen molar-refractivity contribution in [1.82, 2.24) is 0 Å². The summed E-state index contributed by atoms with van der Waals surface area (Å²) in [6.07, 6.45) is 1.15. The molecule has 290 valence electrons. The van der Waals surface area contributed by atoms with E-state index < -0.39 is 61.1 Å². The van der Waals surface area contributed by atoms with Crippen molar-refractivity contribution in [3.05, 3.63) is 24.3 Å². The number of hydrogen-bond donors (Lipinski definition) is 2. The molecule has 10 rings (SSSR count). The van der Waals surface area contributed by atoms with Gasteiger partial charge in [-0.25, -0.2) is 0 Å². The topological polar surface area (TPSA) is 150 Å². The Balaban J connectivity index is 0.994. The van der Waals surface area contributed by atoms with E-state index in [4.69, 9.17) is 47.4 Å². The van der Waals surface area contributed by atoms with Crippen LogP contribution in [0.25, 0.3) is 0 Å². The Morgan fingerprint density at radius 3 is 2.37 bits per heavy atom. The van der Waals surface area contributed by atoms with Crippen molar-refractivity contribution in [2.75, 3.05) is 13.7 Å². The summed E-state index contributed by atoms with van der Waals surface area (Å²) in [7, 11) is 1.55. The maximum Gasteiger partial charge on any atom is 0.308 e. The molecule has 19 atom stereocenters. The molecule has 2 N–H and O–H groups in total. The fraction of sp³-hybridized carbons (Fsp3) is 0.872. The number of carbonyl (C=O) groups excluding carboxylic acids is 1. The minimum Gasteiger partial charge on any atom is -0.457 e. The minimum atomic E-state index is -1.01. The van der Waals surface area contributed by atoms with Gasteiger partial charge >= 0.3 is 5.97 Å². The molecule has 0 aromatic carbocycles. The first-order valence-electron chi connectivity index (χ1n) is 19.8. The number of aliphatic hydroxyl groups is 2. The van der Waals surface area contributed by atoms with Gasteiger partial charge in [-0.1, -0.05) is 20.1 Å². The highest BCUT2D eigenvalue weighted by Gasteiger charge is 2.68. The second-order valence-electron chi connectivity index (χ2n) is 16.9. The van der Waals surface area contributed by atoms with Crippen molar-refractivity contribution in [2.45, 2.75) is 194 Å². The Morgan fingerprint density at radius 2 is 1.54 bits per heavy atom. The quantitative estimate of drug-likeness (QED) is 0.323. The lowest BCUT2D eigenvalue weighted by molar-refractivity contribution is -0.293. The van der Waals surface area contributed by atoms with Crippen LogP contribution in [0.15, 0.2) is 24.3 Å². The number of carbonyl (C=O) groups is 1. The molecule has 10 heterocycles. The van der Waals surface area contributed by atoms with Gasteiger partial charge in [0.2, 0.25) is 0 Å². The summed E-state index contributed by atoms with van der Waals surface area (Å²) < 4.78 is 65.6. The average Bonchev–Trinajstić information content (AvgIpc) is 3.79. The number of ether oxygens (including phenoxy) is 10. The first-order valence-corrected chi connectivity index (χ1v) is 19.8. The van der Waals surface area contributed by atoms with Crippen molar-refractivity contribution in [3.8, 4) is 0 Å². The van der Waals surface area contributed by atoms with Gasteiger partial charge in [-0.2, -0.15) is 0 Å². The van der Waals surface area contributed by atoms with E-state index in [1.807, 2.05) is 0 Å². The Morgan fingerprint density at radius 1 is 0.788 bits per heavy atom. The van der Waals surface area contributed by atoms with Crippen molar-refractivity contribution in [2.24, 2.45) is 5.92 Å². The molecule has 10 fully saturated rings. The number of hydrogen-bond acceptors (Lipinski definition) is 13. The monoisotopic (exact) mass is 732 g/mol. The van der Waals surface area contributed by atoms with Gasteiger partial charge in [0.25, 0.3) is 0 Å². The molecule has 0 aromatic heterocycles. The van der Waals surface area contributed by atoms with E-state index >= 15 is 0 Å². The number of aliphatic hydroxyl groups excluding tert-OH is 2. The predicted molar refractivity (Wildman–Crippen MR) is 181 cm³/mol. The van der Waals surface area contributed by atoms with E-state index in [9.17, 15) is 15.0 Å². The summed E-state index contributed by atoms with van der Waals surface area (Å²) in [5.74, 6) is -1.01. The zero-order chi connectivity index (χ0) is 35.9. The highest BCUT2D eigenvalue weighted by molar-refractivity contribution is 5.70. The maximum absolute atomic E-state index is 13.8. The van der Waals surface area contributed by atoms with Crippen LogP contribution in [0.5, 0.6) is 0 Å². The van der Waals surface area contributed by atoms with Crippen LogP contribution in [0.1, 0.15) is 84.0 Å². The summed E-state index contributed by atoms with van der Waals surface area (Å²) in [5, 5.41) is 20.0. The molecule has 0 saturated carbocycles. The molecule has 10 aliphatic rings. The van der Waals surface area contributed by atoms with Crippen molar-refractivity contribution >= 4 is 5.97 Å². The van der Waals surface area contributed by atoms with Crippen molar-refractivity contribution < 1.29 is 62.4 Å². The smallest absolute Gasteiger partial charge is 0.308 e. The van der Waals surface area contributed by atoms with Crippen LogP contribution in [0.2, 0.25) is 0 Å². The van der Waals surface area contributed by atoms with Crippen LogP contribution in [0, 0.1) is 5.92 Å². The van der Waals surface area contributed by atoms with Crippen LogP contribution in [-0.4, -0.2) is 139 Å². The molecular weight excluding hydrogens is 676 g/mol. The summed E-state index contributed by atoms with van der Waals surface area (Å²) in [4.78, 5) is 13.8. The van der Waals surface area contributed by atoms with Gasteiger partial charge in [0, 0.05) is 32.8 Å². The van der Waals surface area contributed by atoms with E-state index in [1.54, 1.807) is 7.11 Å². The Hall–Kier alpha value is -1.49. The molecule has 0 radical (unpaired) electrons. The third kappa shape index (κ3) is 6.53. The Bertz CT molecular complexity index is 1380. The molecule has 0 amide bonds. The molecule has 0 aliphatic carbocycles. The Kier molecular flexibility index (Phi) is 9.89. The fourth-order valence-corrected chi connectivity index (χ4v) is 10.8. The molecule has 0 aromatic rings. The van der Waals surface area contributed by atoms with Gasteiger partial charge in [0.15, 0.2) is 11.9 Å². The largest absolute Gasteiger partial charge is 0.457 e. The minimum absolute atomic E-state index is 0.0122. The van der Waals surface area contributed by atoms with Gasteiger partial charge in [0.1, 0.15) is 42.7 Å². The van der Waals surface area contributed by atoms with E-state index in [0.29, 0.717) is 32.1 Å². The standard InChI is InChI=1S/C39H56O13/c1-18-11-22-5-7-25-19(2)12-24(44-25)9-10-39-16-30-35(51-39)36-37(49-30)38(52-39)33-26(48-36)8-6-23(46-33)14-31(42)50-34-29(15-27(45-22)20(18)3)47-28(32(34)43-4)13-21(41)17-40/h18,21-30,32-38,40-41H,2-3,5-17H2,1,4H3. The molecule has 52 heavy (non-hydrogen) atoms. The van der Waals surface area contributed by atoms with Crippen molar-refractivity contribution in [3.63, 3.8) is 0 Å². The van der Waals surface area contributed by atoms with Gasteiger partial charge in [0.05, 0.1) is 68.0 Å². The van der Waals surface area contributed by atoms with E-state index in [-0.39, 0.29) is 79.8 Å². The second kappa shape index (κ2) is 14.2. The lowest BCUT2D eigenvalue weighted by Gasteiger charge is -2.47. The molecule has 13 nitrogen and oxygen atoms in total. The molecular formula is C39H56O13. The highest BCUT2D eigenvalue weighted by Crippen LogP contribution is 2.54. The third-order valence-corrected chi connectivity index (χ3v) is 13.5. The molecule has 13 heteroatoms. The van der Waals surface area contributed by atoms with Crippen LogP contribution in [0.4, 0.5) is 0 Å². The number of fused-ring (bicyclic) bond motifs is 6. The second-order valence-corrected chi connectivity index (χ2v) is 16.9. The van der Waals surface area contributed by atoms with Crippen LogP contribution in [0.3, 0.4) is 0 Å². The summed E-state index contributed by atoms with van der Waals surface area (Å²) >= 11 is 0. The average molecular weight is 733 g/mol. The van der Waals surface area contributed by atoms with E-state index in [2.05, 4.69) is 20.1 Å². The summed E-state index contributed by atoms with van der Waals surface area (Å²) in [6, 6.07) is 0. The van der Waals surface area contributed by atoms with Crippen LogP contribution in [-0.2, 0) is 52.2 Å². The molecule has 1 spiro atoms. The SMILES string of the molecule is C=C1CC2CCC34CC5OC6C(OC7CCC(CC(=O)OC8C(CC9OC(CCC1O2)CC(C)C9=C)OC(CC(O)CO)C8OC)OC7C6O3)C5O4. The van der Waals surface area contributed by atoms with Crippen molar-refractivity contribution in [1.29, 1.82) is 0 Å². The normalized spacial score (nSPS) is 52.2. The maximum atomic E-state index is 13.8. The predicted octanol–water partition coefficient (Wildman–Crippen LogP) is 2.81. The van der Waals surface area contributed by atoms with Crippen LogP contribution < -0.4 is 0 Å². The van der Waals surface area contributed by atoms with Gasteiger partial charge < -0.3 is 57.6 Å². The number of esters is 1. The lowest BCUT2D eigenvalue weighted by Crippen LogP contribution is -2.61. The fourth-order valence-electron chi connectivity index (χ4n) is 10.8. The first kappa shape index (κ1) is 36.2. The summed E-state index contributed by atoms with van der Waals surface area (Å²) in [5.41, 5.74) is 2.10. The zero-order valence-electron chi connectivity index (χ0n) is 30.4.